The van der Waals surface area contributed by atoms with Crippen molar-refractivity contribution in [3.8, 4) is 18.2 Å². The van der Waals surface area contributed by atoms with Gasteiger partial charge in [0, 0.05) is 0 Å². The van der Waals surface area contributed by atoms with Crippen LogP contribution in [0.5, 0.6) is 0 Å². The van der Waals surface area contributed by atoms with E-state index in [0.717, 1.165) is 18.2 Å². The number of carboxylic acid groups (broad SMARTS) is 1. The molecule has 0 unspecified atom stereocenters. The van der Waals surface area contributed by atoms with Gasteiger partial charge < -0.3 is 10.4 Å². The minimum absolute atomic E-state index is 0.198. The first kappa shape index (κ1) is 13.7. The molecule has 92 valence electrons. The number of nitrogens with zero attached hydrogens (tertiary/aromatic N) is 3. The lowest BCUT2D eigenvalue weighted by atomic mass is 10.1. The van der Waals surface area contributed by atoms with Crippen LogP contribution in [0.1, 0.15) is 10.4 Å². The van der Waals surface area contributed by atoms with Crippen LogP contribution in [-0.4, -0.2) is 11.1 Å². The fourth-order valence-corrected chi connectivity index (χ4v) is 1.17. The van der Waals surface area contributed by atoms with Gasteiger partial charge in [-0.3, -0.25) is 0 Å². The van der Waals surface area contributed by atoms with Crippen molar-refractivity contribution < 1.29 is 14.3 Å². The summed E-state index contributed by atoms with van der Waals surface area (Å²) >= 11 is 0. The van der Waals surface area contributed by atoms with Crippen molar-refractivity contribution in [3.63, 3.8) is 0 Å². The number of carboxylic acids is 1. The molecule has 6 nitrogen and oxygen atoms in total. The zero-order chi connectivity index (χ0) is 14.4. The fraction of sp³-hybridized carbons (Fsp3) is 0. The maximum Gasteiger partial charge on any atom is 0.335 e. The highest BCUT2D eigenvalue weighted by Gasteiger charge is 2.12. The molecule has 0 saturated heterocycles. The molecule has 0 spiro atoms. The molecule has 1 rings (SSSR count). The van der Waals surface area contributed by atoms with Gasteiger partial charge in [-0.25, -0.2) is 9.18 Å². The Morgan fingerprint density at radius 2 is 1.84 bits per heavy atom. The van der Waals surface area contributed by atoms with E-state index in [9.17, 15) is 9.18 Å². The number of aromatic carboxylic acids is 1. The Bertz CT molecular complexity index is 673. The zero-order valence-electron chi connectivity index (χ0n) is 9.31. The first-order valence-corrected chi connectivity index (χ1v) is 4.78. The summed E-state index contributed by atoms with van der Waals surface area (Å²) in [4.78, 5) is 10.7. The number of hydrogen-bond donors (Lipinski definition) is 2. The molecule has 0 aliphatic carbocycles. The van der Waals surface area contributed by atoms with Crippen LogP contribution in [0.2, 0.25) is 0 Å². The van der Waals surface area contributed by atoms with E-state index in [1.807, 2.05) is 0 Å². The minimum atomic E-state index is -1.27. The van der Waals surface area contributed by atoms with E-state index in [0.29, 0.717) is 0 Å². The van der Waals surface area contributed by atoms with Gasteiger partial charge in [-0.15, -0.1) is 0 Å². The number of anilines is 1. The van der Waals surface area contributed by atoms with Gasteiger partial charge in [0.2, 0.25) is 0 Å². The van der Waals surface area contributed by atoms with Gasteiger partial charge in [0.25, 0.3) is 0 Å². The van der Waals surface area contributed by atoms with Crippen molar-refractivity contribution >= 4 is 11.7 Å². The molecule has 19 heavy (non-hydrogen) atoms. The molecule has 0 aromatic heterocycles. The number of benzene rings is 1. The van der Waals surface area contributed by atoms with Gasteiger partial charge in [-0.05, 0) is 18.2 Å². The smallest absolute Gasteiger partial charge is 0.335 e. The van der Waals surface area contributed by atoms with Gasteiger partial charge in [0.1, 0.15) is 29.7 Å². The molecule has 0 heterocycles. The number of rotatable bonds is 3. The van der Waals surface area contributed by atoms with E-state index in [2.05, 4.69) is 5.32 Å². The predicted octanol–water partition coefficient (Wildman–Crippen LogP) is 1.76. The first-order chi connectivity index (χ1) is 9.03. The normalized spacial score (nSPS) is 8.53. The molecule has 0 aliphatic heterocycles. The highest BCUT2D eigenvalue weighted by Crippen LogP contribution is 2.19. The van der Waals surface area contributed by atoms with Crippen molar-refractivity contribution in [2.45, 2.75) is 0 Å². The third kappa shape index (κ3) is 3.06. The van der Waals surface area contributed by atoms with Gasteiger partial charge in [0.15, 0.2) is 5.57 Å². The summed E-state index contributed by atoms with van der Waals surface area (Å²) in [6.45, 7) is 0. The number of carbonyl (C=O) groups is 1. The largest absolute Gasteiger partial charge is 0.478 e. The second kappa shape index (κ2) is 5.81. The number of nitrogens with one attached hydrogen (secondary N) is 1. The third-order valence-electron chi connectivity index (χ3n) is 2.06. The molecule has 0 amide bonds. The summed E-state index contributed by atoms with van der Waals surface area (Å²) in [5, 5.41) is 37.0. The molecule has 0 atom stereocenters. The second-order valence-corrected chi connectivity index (χ2v) is 3.21. The average Bonchev–Trinajstić information content (AvgIpc) is 2.40. The molecule has 0 saturated carbocycles. The number of halogens is 1. The summed E-state index contributed by atoms with van der Waals surface area (Å²) in [5.74, 6) is -2.08. The Morgan fingerprint density at radius 1 is 1.21 bits per heavy atom. The molecule has 0 bridgehead atoms. The van der Waals surface area contributed by atoms with Crippen molar-refractivity contribution in [2.75, 3.05) is 5.32 Å². The van der Waals surface area contributed by atoms with Crippen LogP contribution in [0.4, 0.5) is 10.1 Å². The second-order valence-electron chi connectivity index (χ2n) is 3.21. The number of hydrogen-bond acceptors (Lipinski definition) is 5. The molecule has 7 heteroatoms. The van der Waals surface area contributed by atoms with Gasteiger partial charge in [-0.1, -0.05) is 0 Å². The first-order valence-electron chi connectivity index (χ1n) is 4.78. The summed E-state index contributed by atoms with van der Waals surface area (Å²) in [6.07, 6.45) is 0. The monoisotopic (exact) mass is 256 g/mol. The van der Waals surface area contributed by atoms with E-state index in [1.165, 1.54) is 18.2 Å². The third-order valence-corrected chi connectivity index (χ3v) is 2.06. The van der Waals surface area contributed by atoms with E-state index in [4.69, 9.17) is 20.9 Å². The molecule has 1 aromatic rings. The summed E-state index contributed by atoms with van der Waals surface area (Å²) in [5.41, 5.74) is -1.48. The molecule has 0 radical (unpaired) electrons. The maximum atomic E-state index is 13.4. The Hall–Kier alpha value is -3.37. The lowest BCUT2D eigenvalue weighted by molar-refractivity contribution is 0.0697. The van der Waals surface area contributed by atoms with Crippen molar-refractivity contribution in [2.24, 2.45) is 0 Å². The van der Waals surface area contributed by atoms with E-state index < -0.39 is 23.1 Å². The quantitative estimate of drug-likeness (QED) is 0.794. The summed E-state index contributed by atoms with van der Waals surface area (Å²) in [7, 11) is 0. The van der Waals surface area contributed by atoms with E-state index in [-0.39, 0.29) is 11.3 Å². The summed E-state index contributed by atoms with van der Waals surface area (Å²) < 4.78 is 13.4. The highest BCUT2D eigenvalue weighted by molar-refractivity contribution is 5.89. The Kier molecular flexibility index (Phi) is 4.19. The van der Waals surface area contributed by atoms with Crippen LogP contribution in [0.3, 0.4) is 0 Å². The van der Waals surface area contributed by atoms with Crippen LogP contribution in [0, 0.1) is 39.8 Å². The fourth-order valence-electron chi connectivity index (χ4n) is 1.17. The maximum absolute atomic E-state index is 13.4. The molecule has 2 N–H and O–H groups in total. The van der Waals surface area contributed by atoms with Gasteiger partial charge in [0.05, 0.1) is 11.3 Å². The van der Waals surface area contributed by atoms with Crippen LogP contribution in [0.15, 0.2) is 29.5 Å². The number of allylic oxidation sites excluding steroid dienone is 2. The van der Waals surface area contributed by atoms with Crippen LogP contribution < -0.4 is 5.32 Å². The lowest BCUT2D eigenvalue weighted by Gasteiger charge is -2.06. The Labute approximate surface area is 107 Å². The van der Waals surface area contributed by atoms with Gasteiger partial charge >= 0.3 is 5.97 Å². The van der Waals surface area contributed by atoms with E-state index >= 15 is 0 Å². The molecular weight excluding hydrogens is 251 g/mol. The zero-order valence-corrected chi connectivity index (χ0v) is 9.31. The highest BCUT2D eigenvalue weighted by atomic mass is 19.1. The molecule has 1 aromatic carbocycles. The SMILES string of the molecule is N#CC(C#N)=C(C#N)Nc1cc(C(=O)O)ccc1F. The summed E-state index contributed by atoms with van der Waals surface area (Å²) in [6, 6.07) is 7.40. The van der Waals surface area contributed by atoms with Gasteiger partial charge in [-0.2, -0.15) is 15.8 Å². The van der Waals surface area contributed by atoms with Crippen LogP contribution >= 0.6 is 0 Å². The molecular formula is C12H5FN4O2. The lowest BCUT2D eigenvalue weighted by Crippen LogP contribution is -2.05. The minimum Gasteiger partial charge on any atom is -0.478 e. The average molecular weight is 256 g/mol. The topological polar surface area (TPSA) is 121 Å². The number of nitriles is 3. The van der Waals surface area contributed by atoms with Crippen LogP contribution in [0.25, 0.3) is 0 Å². The van der Waals surface area contributed by atoms with E-state index in [1.54, 1.807) is 0 Å². The molecule has 0 aliphatic rings. The Morgan fingerprint density at radius 3 is 2.32 bits per heavy atom. The molecule has 0 fully saturated rings. The van der Waals surface area contributed by atoms with Crippen molar-refractivity contribution in [1.29, 1.82) is 15.8 Å². The van der Waals surface area contributed by atoms with Crippen LogP contribution in [-0.2, 0) is 0 Å². The van der Waals surface area contributed by atoms with Crippen molar-refractivity contribution in [3.05, 3.63) is 40.8 Å². The Balaban J connectivity index is 3.27. The van der Waals surface area contributed by atoms with Crippen molar-refractivity contribution in [1.82, 2.24) is 0 Å². The standard InChI is InChI=1S/C12H5FN4O2/c13-9-2-1-7(12(18)19)3-10(9)17-11(6-16)8(4-14)5-15/h1-3,17H,(H,18,19). The predicted molar refractivity (Wildman–Crippen MR) is 60.8 cm³/mol.